The van der Waals surface area contributed by atoms with Gasteiger partial charge in [0.2, 0.25) is 5.91 Å². The van der Waals surface area contributed by atoms with Crippen LogP contribution in [-0.4, -0.2) is 37.6 Å². The minimum Gasteiger partial charge on any atom is -0.450 e. The van der Waals surface area contributed by atoms with Crippen molar-refractivity contribution in [3.63, 3.8) is 0 Å². The quantitative estimate of drug-likeness (QED) is 0.453. The third kappa shape index (κ3) is 7.29. The molecule has 0 fully saturated rings. The Kier molecular flexibility index (Phi) is 8.80. The van der Waals surface area contributed by atoms with Crippen molar-refractivity contribution in [1.82, 2.24) is 10.6 Å². The number of unbranched alkanes of at least 4 members (excludes halogenated alkanes) is 1. The van der Waals surface area contributed by atoms with E-state index in [1.54, 1.807) is 24.3 Å². The summed E-state index contributed by atoms with van der Waals surface area (Å²) in [6.07, 6.45) is 0.939. The van der Waals surface area contributed by atoms with Crippen molar-refractivity contribution in [1.29, 1.82) is 0 Å². The van der Waals surface area contributed by atoms with Crippen LogP contribution in [-0.2, 0) is 9.53 Å². The fourth-order valence-corrected chi connectivity index (χ4v) is 2.60. The highest BCUT2D eigenvalue weighted by Crippen LogP contribution is 2.27. The Hall–Kier alpha value is -3.62. The average molecular weight is 430 g/mol. The Morgan fingerprint density at radius 3 is 2.58 bits per heavy atom. The van der Waals surface area contributed by atoms with Crippen molar-refractivity contribution in [3.8, 4) is 0 Å². The smallest absolute Gasteiger partial charge is 0.407 e. The van der Waals surface area contributed by atoms with Gasteiger partial charge in [-0.25, -0.2) is 9.18 Å². The number of ether oxygens (including phenoxy) is 1. The van der Waals surface area contributed by atoms with E-state index in [0.29, 0.717) is 22.6 Å². The van der Waals surface area contributed by atoms with Crippen molar-refractivity contribution in [2.75, 3.05) is 24.3 Å². The van der Waals surface area contributed by atoms with Crippen LogP contribution in [0.25, 0.3) is 0 Å². The van der Waals surface area contributed by atoms with Gasteiger partial charge in [-0.05, 0) is 49.7 Å². The molecule has 31 heavy (non-hydrogen) atoms. The van der Waals surface area contributed by atoms with E-state index in [1.165, 1.54) is 32.2 Å². The Bertz CT molecular complexity index is 935. The fraction of sp³-hybridized carbons (Fsp3) is 0.318. The number of hydrogen-bond acceptors (Lipinski definition) is 5. The molecule has 0 aliphatic carbocycles. The molecule has 1 unspecified atom stereocenters. The molecule has 4 N–H and O–H groups in total. The second-order valence-electron chi connectivity index (χ2n) is 6.82. The van der Waals surface area contributed by atoms with Crippen LogP contribution in [0, 0.1) is 5.82 Å². The van der Waals surface area contributed by atoms with Gasteiger partial charge in [0.05, 0.1) is 18.0 Å². The topological polar surface area (TPSA) is 109 Å². The molecule has 0 spiro atoms. The van der Waals surface area contributed by atoms with Crippen molar-refractivity contribution in [2.24, 2.45) is 0 Å². The number of amides is 3. The molecule has 2 aromatic rings. The van der Waals surface area contributed by atoms with Crippen LogP contribution in [0.15, 0.2) is 42.5 Å². The first-order valence-electron chi connectivity index (χ1n) is 9.97. The lowest BCUT2D eigenvalue weighted by atomic mass is 10.1. The zero-order chi connectivity index (χ0) is 22.8. The number of carbonyl (C=O) groups is 3. The molecule has 2 rings (SSSR count). The third-order valence-electron chi connectivity index (χ3n) is 4.33. The summed E-state index contributed by atoms with van der Waals surface area (Å²) in [5.41, 5.74) is 1.56. The lowest BCUT2D eigenvalue weighted by molar-refractivity contribution is -0.117. The lowest BCUT2D eigenvalue weighted by Gasteiger charge is -2.17. The van der Waals surface area contributed by atoms with E-state index in [-0.39, 0.29) is 12.5 Å². The molecule has 1 atom stereocenters. The minimum absolute atomic E-state index is 0.262. The second kappa shape index (κ2) is 11.5. The number of benzene rings is 2. The maximum Gasteiger partial charge on any atom is 0.407 e. The first-order valence-corrected chi connectivity index (χ1v) is 9.97. The van der Waals surface area contributed by atoms with Gasteiger partial charge in [0, 0.05) is 18.3 Å². The number of alkyl carbamates (subject to hydrolysis) is 1. The lowest BCUT2D eigenvalue weighted by Crippen LogP contribution is -2.42. The Morgan fingerprint density at radius 1 is 1.10 bits per heavy atom. The predicted octanol–water partition coefficient (Wildman–Crippen LogP) is 3.78. The van der Waals surface area contributed by atoms with E-state index in [2.05, 4.69) is 21.3 Å². The molecular formula is C22H27FN4O4. The van der Waals surface area contributed by atoms with E-state index >= 15 is 0 Å². The standard InChI is InChI=1S/C22H27FN4O4/c1-4-5-11-31-22(30)25-14(2)20(28)27-18-10-9-16(23)13-19(18)26-17-8-6-7-15(12-17)21(29)24-3/h6-10,12-14,26H,4-5,11H2,1-3H3,(H,24,29)(H,25,30)(H,27,28). The summed E-state index contributed by atoms with van der Waals surface area (Å²) >= 11 is 0. The highest BCUT2D eigenvalue weighted by Gasteiger charge is 2.18. The van der Waals surface area contributed by atoms with E-state index in [4.69, 9.17) is 4.74 Å². The van der Waals surface area contributed by atoms with Gasteiger partial charge in [0.25, 0.3) is 5.91 Å². The molecule has 0 bridgehead atoms. The first-order chi connectivity index (χ1) is 14.8. The van der Waals surface area contributed by atoms with Crippen molar-refractivity contribution < 1.29 is 23.5 Å². The SMILES string of the molecule is CCCCOC(=O)NC(C)C(=O)Nc1ccc(F)cc1Nc1cccc(C(=O)NC)c1. The molecule has 0 aliphatic heterocycles. The molecule has 0 radical (unpaired) electrons. The van der Waals surface area contributed by atoms with Crippen molar-refractivity contribution >= 4 is 35.0 Å². The molecule has 0 heterocycles. The summed E-state index contributed by atoms with van der Waals surface area (Å²) in [7, 11) is 1.53. The van der Waals surface area contributed by atoms with Crippen LogP contribution >= 0.6 is 0 Å². The summed E-state index contributed by atoms with van der Waals surface area (Å²) < 4.78 is 18.8. The highest BCUT2D eigenvalue weighted by molar-refractivity contribution is 5.99. The number of anilines is 3. The van der Waals surface area contributed by atoms with Crippen LogP contribution in [0.2, 0.25) is 0 Å². The molecular weight excluding hydrogens is 403 g/mol. The number of hydrogen-bond donors (Lipinski definition) is 4. The predicted molar refractivity (Wildman–Crippen MR) is 117 cm³/mol. The average Bonchev–Trinajstić information content (AvgIpc) is 2.75. The normalized spacial score (nSPS) is 11.2. The molecule has 3 amide bonds. The zero-order valence-electron chi connectivity index (χ0n) is 17.8. The van der Waals surface area contributed by atoms with Crippen molar-refractivity contribution in [2.45, 2.75) is 32.7 Å². The largest absolute Gasteiger partial charge is 0.450 e. The maximum absolute atomic E-state index is 13.8. The monoisotopic (exact) mass is 430 g/mol. The molecule has 9 heteroatoms. The molecule has 166 valence electrons. The number of rotatable bonds is 9. The van der Waals surface area contributed by atoms with Crippen molar-refractivity contribution in [3.05, 3.63) is 53.8 Å². The Labute approximate surface area is 180 Å². The summed E-state index contributed by atoms with van der Waals surface area (Å²) in [5.74, 6) is -1.27. The molecule has 8 nitrogen and oxygen atoms in total. The molecule has 0 aliphatic rings. The van der Waals surface area contributed by atoms with E-state index in [0.717, 1.165) is 12.8 Å². The van der Waals surface area contributed by atoms with E-state index in [1.807, 2.05) is 6.92 Å². The van der Waals surface area contributed by atoms with Gasteiger partial charge in [-0.2, -0.15) is 0 Å². The second-order valence-corrected chi connectivity index (χ2v) is 6.82. The summed E-state index contributed by atoms with van der Waals surface area (Å²) in [5, 5.41) is 10.7. The zero-order valence-corrected chi connectivity index (χ0v) is 17.8. The van der Waals surface area contributed by atoms with E-state index < -0.39 is 23.9 Å². The summed E-state index contributed by atoms with van der Waals surface area (Å²) in [4.78, 5) is 36.1. The van der Waals surface area contributed by atoms with Gasteiger partial charge < -0.3 is 26.0 Å². The van der Waals surface area contributed by atoms with Crippen LogP contribution in [0.4, 0.5) is 26.2 Å². The van der Waals surface area contributed by atoms with E-state index in [9.17, 15) is 18.8 Å². The van der Waals surface area contributed by atoms with Gasteiger partial charge in [-0.3, -0.25) is 9.59 Å². The van der Waals surface area contributed by atoms with Gasteiger partial charge in [0.1, 0.15) is 11.9 Å². The molecule has 0 saturated heterocycles. The first kappa shape index (κ1) is 23.7. The molecule has 2 aromatic carbocycles. The van der Waals surface area contributed by atoms with Crippen LogP contribution < -0.4 is 21.3 Å². The Balaban J connectivity index is 2.10. The maximum atomic E-state index is 13.8. The molecule has 0 aromatic heterocycles. The third-order valence-corrected chi connectivity index (χ3v) is 4.33. The van der Waals surface area contributed by atoms with Gasteiger partial charge >= 0.3 is 6.09 Å². The fourth-order valence-electron chi connectivity index (χ4n) is 2.60. The summed E-state index contributed by atoms with van der Waals surface area (Å²) in [6.45, 7) is 3.76. The minimum atomic E-state index is -0.872. The Morgan fingerprint density at radius 2 is 1.87 bits per heavy atom. The van der Waals surface area contributed by atoms with Crippen LogP contribution in [0.5, 0.6) is 0 Å². The number of nitrogens with one attached hydrogen (secondary N) is 4. The molecule has 0 saturated carbocycles. The summed E-state index contributed by atoms with van der Waals surface area (Å²) in [6, 6.07) is 9.60. The van der Waals surface area contributed by atoms with Gasteiger partial charge in [0.15, 0.2) is 0 Å². The number of halogens is 1. The van der Waals surface area contributed by atoms with Gasteiger partial charge in [-0.1, -0.05) is 19.4 Å². The highest BCUT2D eigenvalue weighted by atomic mass is 19.1. The van der Waals surface area contributed by atoms with Crippen LogP contribution in [0.3, 0.4) is 0 Å². The van der Waals surface area contributed by atoms with Gasteiger partial charge in [-0.15, -0.1) is 0 Å². The van der Waals surface area contributed by atoms with Crippen LogP contribution in [0.1, 0.15) is 37.0 Å². The number of carbonyl (C=O) groups excluding carboxylic acids is 3.